The number of nitrogens with one attached hydrogen (secondary N) is 1. The van der Waals surface area contributed by atoms with Crippen molar-refractivity contribution in [1.29, 1.82) is 0 Å². The summed E-state index contributed by atoms with van der Waals surface area (Å²) in [5.41, 5.74) is 0.943. The summed E-state index contributed by atoms with van der Waals surface area (Å²) in [5.74, 6) is 0.373. The van der Waals surface area contributed by atoms with Gasteiger partial charge in [-0.05, 0) is 24.6 Å². The number of halogens is 2. The predicted molar refractivity (Wildman–Crippen MR) is 66.7 cm³/mol. The minimum absolute atomic E-state index is 0.0530. The summed E-state index contributed by atoms with van der Waals surface area (Å²) >= 11 is 0. The van der Waals surface area contributed by atoms with Gasteiger partial charge >= 0.3 is 0 Å². The summed E-state index contributed by atoms with van der Waals surface area (Å²) in [4.78, 5) is 0. The van der Waals surface area contributed by atoms with Crippen LogP contribution >= 0.6 is 0 Å². The van der Waals surface area contributed by atoms with E-state index >= 15 is 0 Å². The number of hydrogen-bond donors (Lipinski definition) is 1. The van der Waals surface area contributed by atoms with Crippen LogP contribution < -0.4 is 5.32 Å². The van der Waals surface area contributed by atoms with Crippen molar-refractivity contribution in [2.45, 2.75) is 25.9 Å². The maximum Gasteiger partial charge on any atom is 0.263 e. The SMILES string of the molecule is CCNCC1CCOC1c1cccc(C(F)F)c1. The predicted octanol–water partition coefficient (Wildman–Crippen LogP) is 3.31. The second kappa shape index (κ2) is 6.25. The van der Waals surface area contributed by atoms with Gasteiger partial charge in [0.15, 0.2) is 0 Å². The second-order valence-corrected chi connectivity index (χ2v) is 4.62. The molecular weight excluding hydrogens is 236 g/mol. The maximum atomic E-state index is 12.7. The van der Waals surface area contributed by atoms with Crippen LogP contribution in [0, 0.1) is 5.92 Å². The van der Waals surface area contributed by atoms with Gasteiger partial charge < -0.3 is 10.1 Å². The van der Waals surface area contributed by atoms with Crippen LogP contribution in [0.15, 0.2) is 24.3 Å². The normalized spacial score (nSPS) is 23.8. The molecule has 2 atom stereocenters. The lowest BCUT2D eigenvalue weighted by Gasteiger charge is -2.19. The lowest BCUT2D eigenvalue weighted by molar-refractivity contribution is 0.0900. The average Bonchev–Trinajstić information content (AvgIpc) is 2.84. The fraction of sp³-hybridized carbons (Fsp3) is 0.571. The molecule has 0 aromatic heterocycles. The summed E-state index contributed by atoms with van der Waals surface area (Å²) in [7, 11) is 0. The Morgan fingerprint density at radius 2 is 2.28 bits per heavy atom. The largest absolute Gasteiger partial charge is 0.373 e. The van der Waals surface area contributed by atoms with Crippen LogP contribution in [0.5, 0.6) is 0 Å². The summed E-state index contributed by atoms with van der Waals surface area (Å²) in [6, 6.07) is 6.59. The molecule has 4 heteroatoms. The lowest BCUT2D eigenvalue weighted by atomic mass is 9.94. The van der Waals surface area contributed by atoms with Crippen LogP contribution in [-0.2, 0) is 4.74 Å². The number of benzene rings is 1. The van der Waals surface area contributed by atoms with Crippen molar-refractivity contribution >= 4 is 0 Å². The number of alkyl halides is 2. The van der Waals surface area contributed by atoms with Gasteiger partial charge in [-0.2, -0.15) is 0 Å². The van der Waals surface area contributed by atoms with Crippen molar-refractivity contribution < 1.29 is 13.5 Å². The molecule has 1 saturated heterocycles. The van der Waals surface area contributed by atoms with Crippen molar-refractivity contribution in [3.05, 3.63) is 35.4 Å². The fourth-order valence-electron chi connectivity index (χ4n) is 2.41. The smallest absolute Gasteiger partial charge is 0.263 e. The first kappa shape index (κ1) is 13.4. The molecule has 0 bridgehead atoms. The zero-order chi connectivity index (χ0) is 13.0. The van der Waals surface area contributed by atoms with E-state index in [0.717, 1.165) is 25.1 Å². The minimum atomic E-state index is -2.42. The van der Waals surface area contributed by atoms with E-state index in [9.17, 15) is 8.78 Å². The minimum Gasteiger partial charge on any atom is -0.373 e. The Morgan fingerprint density at radius 1 is 1.44 bits per heavy atom. The van der Waals surface area contributed by atoms with E-state index < -0.39 is 6.43 Å². The van der Waals surface area contributed by atoms with E-state index in [-0.39, 0.29) is 11.7 Å². The van der Waals surface area contributed by atoms with E-state index in [1.807, 2.05) is 6.07 Å². The molecule has 1 aliphatic heterocycles. The van der Waals surface area contributed by atoms with Crippen molar-refractivity contribution in [1.82, 2.24) is 5.32 Å². The molecule has 1 aromatic carbocycles. The number of rotatable bonds is 5. The van der Waals surface area contributed by atoms with E-state index in [0.29, 0.717) is 12.5 Å². The van der Waals surface area contributed by atoms with Crippen molar-refractivity contribution in [2.24, 2.45) is 5.92 Å². The topological polar surface area (TPSA) is 21.3 Å². The van der Waals surface area contributed by atoms with E-state index in [1.165, 1.54) is 6.07 Å². The highest BCUT2D eigenvalue weighted by atomic mass is 19.3. The van der Waals surface area contributed by atoms with E-state index in [2.05, 4.69) is 12.2 Å². The average molecular weight is 255 g/mol. The van der Waals surface area contributed by atoms with Crippen molar-refractivity contribution in [3.63, 3.8) is 0 Å². The Kier molecular flexibility index (Phi) is 4.66. The second-order valence-electron chi connectivity index (χ2n) is 4.62. The summed E-state index contributed by atoms with van der Waals surface area (Å²) in [6.07, 6.45) is -1.49. The summed E-state index contributed by atoms with van der Waals surface area (Å²) in [5, 5.41) is 3.30. The molecule has 0 amide bonds. The van der Waals surface area contributed by atoms with Gasteiger partial charge in [-0.1, -0.05) is 25.1 Å². The molecule has 0 spiro atoms. The molecule has 2 unspecified atom stereocenters. The van der Waals surface area contributed by atoms with Gasteiger partial charge in [-0.15, -0.1) is 0 Å². The van der Waals surface area contributed by atoms with Crippen LogP contribution in [0.2, 0.25) is 0 Å². The van der Waals surface area contributed by atoms with Crippen LogP contribution in [0.1, 0.15) is 37.0 Å². The summed E-state index contributed by atoms with van der Waals surface area (Å²) in [6.45, 7) is 4.56. The number of hydrogen-bond acceptors (Lipinski definition) is 2. The van der Waals surface area contributed by atoms with Gasteiger partial charge in [0.05, 0.1) is 6.10 Å². The molecule has 100 valence electrons. The molecule has 1 N–H and O–H groups in total. The van der Waals surface area contributed by atoms with E-state index in [4.69, 9.17) is 4.74 Å². The van der Waals surface area contributed by atoms with Crippen molar-refractivity contribution in [2.75, 3.05) is 19.7 Å². The van der Waals surface area contributed by atoms with E-state index in [1.54, 1.807) is 12.1 Å². The molecule has 1 aromatic rings. The highest BCUT2D eigenvalue weighted by Gasteiger charge is 2.29. The first-order valence-electron chi connectivity index (χ1n) is 6.42. The third-order valence-electron chi connectivity index (χ3n) is 3.36. The molecule has 0 radical (unpaired) electrons. The Labute approximate surface area is 106 Å². The molecule has 1 heterocycles. The lowest BCUT2D eigenvalue weighted by Crippen LogP contribution is -2.24. The Morgan fingerprint density at radius 3 is 3.00 bits per heavy atom. The standard InChI is InChI=1S/C14H19F2NO/c1-2-17-9-12-6-7-18-13(12)10-4-3-5-11(8-10)14(15)16/h3-5,8,12-14,17H,2,6-7,9H2,1H3. The third kappa shape index (κ3) is 3.06. The van der Waals surface area contributed by atoms with Gasteiger partial charge in [0, 0.05) is 24.6 Å². The first-order chi connectivity index (χ1) is 8.72. The van der Waals surface area contributed by atoms with Crippen LogP contribution in [0.25, 0.3) is 0 Å². The summed E-state index contributed by atoms with van der Waals surface area (Å²) < 4.78 is 31.1. The molecule has 1 aliphatic rings. The van der Waals surface area contributed by atoms with Gasteiger partial charge in [-0.25, -0.2) is 8.78 Å². The van der Waals surface area contributed by atoms with Crippen molar-refractivity contribution in [3.8, 4) is 0 Å². The van der Waals surface area contributed by atoms with Gasteiger partial charge in [-0.3, -0.25) is 0 Å². The quantitative estimate of drug-likeness (QED) is 0.871. The Bertz CT molecular complexity index is 384. The third-order valence-corrected chi connectivity index (χ3v) is 3.36. The van der Waals surface area contributed by atoms with Crippen LogP contribution in [-0.4, -0.2) is 19.7 Å². The van der Waals surface area contributed by atoms with Gasteiger partial charge in [0.2, 0.25) is 0 Å². The monoisotopic (exact) mass is 255 g/mol. The highest BCUT2D eigenvalue weighted by molar-refractivity contribution is 5.27. The highest BCUT2D eigenvalue weighted by Crippen LogP contribution is 2.35. The molecule has 1 fully saturated rings. The Hall–Kier alpha value is -1.00. The first-order valence-corrected chi connectivity index (χ1v) is 6.42. The van der Waals surface area contributed by atoms with Gasteiger partial charge in [0.1, 0.15) is 0 Å². The zero-order valence-corrected chi connectivity index (χ0v) is 10.5. The van der Waals surface area contributed by atoms with Crippen LogP contribution in [0.3, 0.4) is 0 Å². The molecule has 2 rings (SSSR count). The molecular formula is C14H19F2NO. The molecule has 0 saturated carbocycles. The maximum absolute atomic E-state index is 12.7. The Balaban J connectivity index is 2.11. The molecule has 2 nitrogen and oxygen atoms in total. The molecule has 18 heavy (non-hydrogen) atoms. The number of ether oxygens (including phenoxy) is 1. The van der Waals surface area contributed by atoms with Crippen LogP contribution in [0.4, 0.5) is 8.78 Å². The fourth-order valence-corrected chi connectivity index (χ4v) is 2.41. The van der Waals surface area contributed by atoms with Gasteiger partial charge in [0.25, 0.3) is 6.43 Å². The molecule has 0 aliphatic carbocycles. The zero-order valence-electron chi connectivity index (χ0n) is 10.5.